The number of nitrogens with zero attached hydrogens (tertiary/aromatic N) is 4. The summed E-state index contributed by atoms with van der Waals surface area (Å²) in [4.78, 5) is 9.15. The van der Waals surface area contributed by atoms with Gasteiger partial charge in [-0.2, -0.15) is 0 Å². The number of aromatic nitrogens is 1. The highest BCUT2D eigenvalue weighted by Crippen LogP contribution is 2.17. The largest absolute Gasteiger partial charge is 0.359 e. The molecule has 0 bridgehead atoms. The van der Waals surface area contributed by atoms with Crippen molar-refractivity contribution in [2.24, 2.45) is 4.99 Å². The highest BCUT2D eigenvalue weighted by Gasteiger charge is 2.25. The second kappa shape index (κ2) is 10.2. The van der Waals surface area contributed by atoms with Crippen molar-refractivity contribution in [1.29, 1.82) is 0 Å². The SMILES string of the molecule is CCN1CCCC1CN(C)C(=NC)NCc1cc(C(C)C)no1.I. The van der Waals surface area contributed by atoms with Crippen molar-refractivity contribution in [2.75, 3.05) is 33.7 Å². The molecule has 0 saturated carbocycles. The van der Waals surface area contributed by atoms with E-state index in [4.69, 9.17) is 4.52 Å². The Kier molecular flexibility index (Phi) is 9.04. The predicted molar refractivity (Wildman–Crippen MR) is 109 cm³/mol. The van der Waals surface area contributed by atoms with E-state index < -0.39 is 0 Å². The van der Waals surface area contributed by atoms with Crippen LogP contribution in [0.1, 0.15) is 51.0 Å². The third-order valence-corrected chi connectivity index (χ3v) is 4.55. The molecule has 1 aliphatic rings. The molecule has 138 valence electrons. The summed E-state index contributed by atoms with van der Waals surface area (Å²) in [5, 5.41) is 7.46. The molecular formula is C17H32IN5O. The minimum Gasteiger partial charge on any atom is -0.359 e. The van der Waals surface area contributed by atoms with Crippen LogP contribution in [0.25, 0.3) is 0 Å². The first-order valence-corrected chi connectivity index (χ1v) is 8.66. The molecule has 0 aliphatic carbocycles. The Morgan fingerprint density at radius 2 is 2.29 bits per heavy atom. The van der Waals surface area contributed by atoms with Gasteiger partial charge in [0.2, 0.25) is 0 Å². The van der Waals surface area contributed by atoms with Gasteiger partial charge >= 0.3 is 0 Å². The van der Waals surface area contributed by atoms with Gasteiger partial charge in [0, 0.05) is 32.7 Å². The van der Waals surface area contributed by atoms with Gasteiger partial charge in [0.25, 0.3) is 0 Å². The number of hydrogen-bond acceptors (Lipinski definition) is 4. The second-order valence-electron chi connectivity index (χ2n) is 6.58. The van der Waals surface area contributed by atoms with Crippen LogP contribution in [0.4, 0.5) is 0 Å². The average Bonchev–Trinajstić information content (AvgIpc) is 3.16. The molecule has 1 aromatic rings. The summed E-state index contributed by atoms with van der Waals surface area (Å²) in [6.07, 6.45) is 2.57. The van der Waals surface area contributed by atoms with Gasteiger partial charge in [0.1, 0.15) is 0 Å². The third kappa shape index (κ3) is 5.61. The van der Waals surface area contributed by atoms with Crippen LogP contribution in [0.5, 0.6) is 0 Å². The lowest BCUT2D eigenvalue weighted by atomic mass is 10.1. The number of halogens is 1. The van der Waals surface area contributed by atoms with Crippen molar-refractivity contribution in [1.82, 2.24) is 20.3 Å². The molecule has 1 N–H and O–H groups in total. The van der Waals surface area contributed by atoms with Crippen molar-refractivity contribution >= 4 is 29.9 Å². The zero-order valence-corrected chi connectivity index (χ0v) is 17.9. The Balaban J connectivity index is 0.00000288. The number of hydrogen-bond donors (Lipinski definition) is 1. The van der Waals surface area contributed by atoms with E-state index in [1.54, 1.807) is 0 Å². The Bertz CT molecular complexity index is 517. The maximum Gasteiger partial charge on any atom is 0.193 e. The van der Waals surface area contributed by atoms with Crippen LogP contribution in [0, 0.1) is 0 Å². The number of rotatable bonds is 6. The van der Waals surface area contributed by atoms with Crippen molar-refractivity contribution in [2.45, 2.75) is 52.1 Å². The van der Waals surface area contributed by atoms with E-state index in [1.165, 1.54) is 19.4 Å². The Morgan fingerprint density at radius 1 is 1.54 bits per heavy atom. The molecule has 2 rings (SSSR count). The van der Waals surface area contributed by atoms with Gasteiger partial charge in [0.15, 0.2) is 11.7 Å². The molecule has 1 aromatic heterocycles. The molecule has 0 radical (unpaired) electrons. The molecule has 1 fully saturated rings. The summed E-state index contributed by atoms with van der Waals surface area (Å²) in [5.41, 5.74) is 0.995. The summed E-state index contributed by atoms with van der Waals surface area (Å²) in [6, 6.07) is 2.64. The summed E-state index contributed by atoms with van der Waals surface area (Å²) < 4.78 is 5.37. The molecule has 24 heavy (non-hydrogen) atoms. The summed E-state index contributed by atoms with van der Waals surface area (Å²) >= 11 is 0. The van der Waals surface area contributed by atoms with E-state index in [0.29, 0.717) is 18.5 Å². The van der Waals surface area contributed by atoms with Gasteiger partial charge in [-0.15, -0.1) is 24.0 Å². The average molecular weight is 449 g/mol. The lowest BCUT2D eigenvalue weighted by Crippen LogP contribution is -2.45. The lowest BCUT2D eigenvalue weighted by Gasteiger charge is -2.29. The molecule has 1 atom stereocenters. The highest BCUT2D eigenvalue weighted by atomic mass is 127. The number of guanidine groups is 1. The van der Waals surface area contributed by atoms with Crippen LogP contribution in [-0.2, 0) is 6.54 Å². The van der Waals surface area contributed by atoms with Crippen LogP contribution in [-0.4, -0.2) is 60.7 Å². The first-order valence-electron chi connectivity index (χ1n) is 8.66. The van der Waals surface area contributed by atoms with E-state index >= 15 is 0 Å². The summed E-state index contributed by atoms with van der Waals surface area (Å²) in [6.45, 7) is 10.4. The van der Waals surface area contributed by atoms with Gasteiger partial charge in [-0.25, -0.2) is 0 Å². The molecule has 1 unspecified atom stereocenters. The van der Waals surface area contributed by atoms with Gasteiger partial charge in [0.05, 0.1) is 12.2 Å². The van der Waals surface area contributed by atoms with Crippen molar-refractivity contribution < 1.29 is 4.52 Å². The number of nitrogens with one attached hydrogen (secondary N) is 1. The fraction of sp³-hybridized carbons (Fsp3) is 0.765. The quantitative estimate of drug-likeness (QED) is 0.411. The van der Waals surface area contributed by atoms with Gasteiger partial charge in [-0.05, 0) is 31.8 Å². The van der Waals surface area contributed by atoms with Crippen molar-refractivity contribution in [3.8, 4) is 0 Å². The Hall–Kier alpha value is -0.830. The van der Waals surface area contributed by atoms with Crippen molar-refractivity contribution in [3.05, 3.63) is 17.5 Å². The van der Waals surface area contributed by atoms with Gasteiger partial charge < -0.3 is 14.7 Å². The van der Waals surface area contributed by atoms with E-state index in [9.17, 15) is 0 Å². The molecule has 1 saturated heterocycles. The summed E-state index contributed by atoms with van der Waals surface area (Å²) in [5.74, 6) is 2.13. The lowest BCUT2D eigenvalue weighted by molar-refractivity contribution is 0.232. The minimum absolute atomic E-state index is 0. The van der Waals surface area contributed by atoms with Crippen LogP contribution >= 0.6 is 24.0 Å². The molecule has 6 nitrogen and oxygen atoms in total. The Morgan fingerprint density at radius 3 is 2.88 bits per heavy atom. The maximum atomic E-state index is 5.37. The second-order valence-corrected chi connectivity index (χ2v) is 6.58. The summed E-state index contributed by atoms with van der Waals surface area (Å²) in [7, 11) is 3.92. The molecule has 0 spiro atoms. The molecule has 0 aromatic carbocycles. The molecule has 2 heterocycles. The fourth-order valence-corrected chi connectivity index (χ4v) is 3.16. The molecule has 0 amide bonds. The highest BCUT2D eigenvalue weighted by molar-refractivity contribution is 14.0. The predicted octanol–water partition coefficient (Wildman–Crippen LogP) is 2.91. The van der Waals surface area contributed by atoms with E-state index in [0.717, 1.165) is 30.5 Å². The fourth-order valence-electron chi connectivity index (χ4n) is 3.16. The Labute approximate surface area is 163 Å². The first kappa shape index (κ1) is 21.2. The number of aliphatic imine (C=N–C) groups is 1. The topological polar surface area (TPSA) is 56.9 Å². The molecule has 1 aliphatic heterocycles. The van der Waals surface area contributed by atoms with Crippen LogP contribution in [0.15, 0.2) is 15.6 Å². The molecule has 7 heteroatoms. The number of likely N-dealkylation sites (tertiary alicyclic amines) is 1. The normalized spacial score (nSPS) is 18.8. The van der Waals surface area contributed by atoms with Crippen molar-refractivity contribution in [3.63, 3.8) is 0 Å². The standard InChI is InChI=1S/C17H31N5O.HI/c1-6-22-9-7-8-14(22)12-21(5)17(18-4)19-11-15-10-16(13(2)3)20-23-15;/h10,13-14H,6-9,11-12H2,1-5H3,(H,18,19);1H. The van der Waals surface area contributed by atoms with E-state index in [2.05, 4.69) is 53.1 Å². The zero-order chi connectivity index (χ0) is 16.8. The van der Waals surface area contributed by atoms with E-state index in [1.807, 2.05) is 13.1 Å². The molecular weight excluding hydrogens is 417 g/mol. The van der Waals surface area contributed by atoms with Crippen LogP contribution < -0.4 is 5.32 Å². The van der Waals surface area contributed by atoms with Crippen LogP contribution in [0.2, 0.25) is 0 Å². The van der Waals surface area contributed by atoms with Gasteiger partial charge in [-0.1, -0.05) is 25.9 Å². The van der Waals surface area contributed by atoms with E-state index in [-0.39, 0.29) is 24.0 Å². The van der Waals surface area contributed by atoms with Gasteiger partial charge in [-0.3, -0.25) is 9.89 Å². The maximum absolute atomic E-state index is 5.37. The minimum atomic E-state index is 0. The smallest absolute Gasteiger partial charge is 0.193 e. The third-order valence-electron chi connectivity index (χ3n) is 4.55. The van der Waals surface area contributed by atoms with Crippen LogP contribution in [0.3, 0.4) is 0 Å². The first-order chi connectivity index (χ1) is 11.0. The number of likely N-dealkylation sites (N-methyl/N-ethyl adjacent to an activating group) is 2. The monoisotopic (exact) mass is 449 g/mol. The zero-order valence-electron chi connectivity index (χ0n) is 15.6.